The number of pyridine rings is 1. The molecule has 0 aromatic carbocycles. The van der Waals surface area contributed by atoms with E-state index < -0.39 is 0 Å². The van der Waals surface area contributed by atoms with Crippen LogP contribution in [0.2, 0.25) is 0 Å². The van der Waals surface area contributed by atoms with Gasteiger partial charge < -0.3 is 0 Å². The molecule has 0 amide bonds. The first kappa shape index (κ1) is 10.1. The molecule has 4 heteroatoms. The first-order valence-electron chi connectivity index (χ1n) is 4.22. The average molecular weight is 316 g/mol. The van der Waals surface area contributed by atoms with Gasteiger partial charge in [0.25, 0.3) is 0 Å². The van der Waals surface area contributed by atoms with Gasteiger partial charge in [-0.3, -0.25) is 9.98 Å². The monoisotopic (exact) mass is 314 g/mol. The topological polar surface area (TPSA) is 25.2 Å². The van der Waals surface area contributed by atoms with Crippen molar-refractivity contribution in [3.8, 4) is 0 Å². The Morgan fingerprint density at radius 3 is 2.71 bits per heavy atom. The van der Waals surface area contributed by atoms with Crippen molar-refractivity contribution >= 4 is 43.8 Å². The highest BCUT2D eigenvalue weighted by atomic mass is 79.9. The molecule has 0 fully saturated rings. The van der Waals surface area contributed by atoms with Gasteiger partial charge in [0.2, 0.25) is 0 Å². The van der Waals surface area contributed by atoms with Crippen LogP contribution in [0.4, 0.5) is 0 Å². The number of hydrogen-bond acceptors (Lipinski definition) is 2. The van der Waals surface area contributed by atoms with Crippen LogP contribution in [-0.4, -0.2) is 14.4 Å². The van der Waals surface area contributed by atoms with Crippen molar-refractivity contribution in [2.45, 2.75) is 9.65 Å². The zero-order valence-electron chi connectivity index (χ0n) is 7.32. The van der Waals surface area contributed by atoms with Crippen LogP contribution in [-0.2, 0) is 0 Å². The highest BCUT2D eigenvalue weighted by Gasteiger charge is 2.22. The quantitative estimate of drug-likeness (QED) is 0.729. The zero-order chi connectivity index (χ0) is 10.0. The number of nitrogens with zero attached hydrogens (tertiary/aromatic N) is 2. The summed E-state index contributed by atoms with van der Waals surface area (Å²) in [6.45, 7) is 0. The molecule has 72 valence electrons. The Balaban J connectivity index is 2.25. The molecule has 2 heterocycles. The molecule has 1 aromatic rings. The summed E-state index contributed by atoms with van der Waals surface area (Å²) in [5, 5.41) is 0. The maximum Gasteiger partial charge on any atom is 0.119 e. The highest BCUT2D eigenvalue weighted by Crippen LogP contribution is 2.33. The van der Waals surface area contributed by atoms with Crippen molar-refractivity contribution in [1.82, 2.24) is 4.98 Å². The lowest BCUT2D eigenvalue weighted by molar-refractivity contribution is 1.07. The fourth-order valence-electron chi connectivity index (χ4n) is 1.19. The third-order valence-electron chi connectivity index (χ3n) is 1.89. The van der Waals surface area contributed by atoms with Gasteiger partial charge >= 0.3 is 0 Å². The largest absolute Gasteiger partial charge is 0.257 e. The maximum atomic E-state index is 4.33. The van der Waals surface area contributed by atoms with Gasteiger partial charge in [0.05, 0.1) is 11.4 Å². The van der Waals surface area contributed by atoms with Crippen LogP contribution in [0.5, 0.6) is 0 Å². The van der Waals surface area contributed by atoms with Gasteiger partial charge in [0.1, 0.15) is 3.23 Å². The fourth-order valence-corrected chi connectivity index (χ4v) is 1.72. The van der Waals surface area contributed by atoms with Gasteiger partial charge in [-0.25, -0.2) is 0 Å². The lowest BCUT2D eigenvalue weighted by atomic mass is 10.2. The molecule has 14 heavy (non-hydrogen) atoms. The molecule has 1 aliphatic heterocycles. The Labute approximate surface area is 99.4 Å². The number of aliphatic imine (C=N–C) groups is 1. The van der Waals surface area contributed by atoms with Crippen LogP contribution in [0.15, 0.2) is 35.5 Å². The number of aromatic nitrogens is 1. The Morgan fingerprint density at radius 2 is 2.14 bits per heavy atom. The highest BCUT2D eigenvalue weighted by molar-refractivity contribution is 9.25. The van der Waals surface area contributed by atoms with Gasteiger partial charge in [-0.15, -0.1) is 0 Å². The van der Waals surface area contributed by atoms with Crippen molar-refractivity contribution in [2.24, 2.45) is 4.99 Å². The summed E-state index contributed by atoms with van der Waals surface area (Å²) < 4.78 is -0.182. The molecule has 1 aliphatic rings. The number of alkyl halides is 2. The van der Waals surface area contributed by atoms with Gasteiger partial charge in [-0.1, -0.05) is 44.0 Å². The van der Waals surface area contributed by atoms with E-state index in [0.717, 1.165) is 17.8 Å². The van der Waals surface area contributed by atoms with Crippen LogP contribution >= 0.6 is 31.9 Å². The predicted octanol–water partition coefficient (Wildman–Crippen LogP) is 3.38. The van der Waals surface area contributed by atoms with Crippen LogP contribution in [0, 0.1) is 0 Å². The molecule has 0 saturated carbocycles. The summed E-state index contributed by atoms with van der Waals surface area (Å²) in [4.78, 5) is 8.57. The van der Waals surface area contributed by atoms with Crippen LogP contribution in [0.1, 0.15) is 12.1 Å². The minimum absolute atomic E-state index is 0.182. The second-order valence-corrected chi connectivity index (χ2v) is 6.92. The number of hydrogen-bond donors (Lipinski definition) is 0. The van der Waals surface area contributed by atoms with E-state index in [2.05, 4.69) is 47.9 Å². The van der Waals surface area contributed by atoms with Gasteiger partial charge in [-0.05, 0) is 18.6 Å². The zero-order valence-corrected chi connectivity index (χ0v) is 10.5. The SMILES string of the molecule is BrC1(Br)C=NC(c2ccccn2)=CC1. The van der Waals surface area contributed by atoms with E-state index in [0.29, 0.717) is 0 Å². The minimum Gasteiger partial charge on any atom is -0.257 e. The van der Waals surface area contributed by atoms with E-state index in [9.17, 15) is 0 Å². The average Bonchev–Trinajstić information content (AvgIpc) is 2.19. The van der Waals surface area contributed by atoms with Crippen molar-refractivity contribution in [1.29, 1.82) is 0 Å². The lowest BCUT2D eigenvalue weighted by Gasteiger charge is -2.17. The first-order chi connectivity index (χ1) is 6.67. The van der Waals surface area contributed by atoms with Crippen LogP contribution < -0.4 is 0 Å². The standard InChI is InChI=1S/C10H8Br2N2/c11-10(12)5-4-9(14-7-10)8-3-1-2-6-13-8/h1-4,6-7H,5H2. The van der Waals surface area contributed by atoms with Gasteiger partial charge in [-0.2, -0.15) is 0 Å². The third-order valence-corrected chi connectivity index (χ3v) is 2.94. The molecule has 0 spiro atoms. The molecule has 0 atom stereocenters. The molecule has 0 saturated heterocycles. The summed E-state index contributed by atoms with van der Waals surface area (Å²) in [6, 6.07) is 5.82. The van der Waals surface area contributed by atoms with Crippen LogP contribution in [0.25, 0.3) is 5.70 Å². The third kappa shape index (κ3) is 2.30. The molecule has 0 unspecified atom stereocenters. The molecule has 0 radical (unpaired) electrons. The van der Waals surface area contributed by atoms with Crippen LogP contribution in [0.3, 0.4) is 0 Å². The second kappa shape index (κ2) is 3.95. The summed E-state index contributed by atoms with van der Waals surface area (Å²) in [5.41, 5.74) is 1.85. The normalized spacial score (nSPS) is 19.1. The van der Waals surface area contributed by atoms with E-state index in [-0.39, 0.29) is 3.23 Å². The fraction of sp³-hybridized carbons (Fsp3) is 0.200. The predicted molar refractivity (Wildman–Crippen MR) is 65.9 cm³/mol. The Morgan fingerprint density at radius 1 is 1.29 bits per heavy atom. The van der Waals surface area contributed by atoms with Crippen molar-refractivity contribution in [3.05, 3.63) is 36.2 Å². The summed E-state index contributed by atoms with van der Waals surface area (Å²) in [5.74, 6) is 0. The van der Waals surface area contributed by atoms with Crippen molar-refractivity contribution in [3.63, 3.8) is 0 Å². The molecular weight excluding hydrogens is 308 g/mol. The van der Waals surface area contributed by atoms with E-state index in [4.69, 9.17) is 0 Å². The van der Waals surface area contributed by atoms with Crippen molar-refractivity contribution < 1.29 is 0 Å². The number of allylic oxidation sites excluding steroid dienone is 1. The number of rotatable bonds is 1. The Bertz CT molecular complexity index is 382. The maximum absolute atomic E-state index is 4.33. The smallest absolute Gasteiger partial charge is 0.119 e. The van der Waals surface area contributed by atoms with E-state index >= 15 is 0 Å². The Kier molecular flexibility index (Phi) is 2.83. The van der Waals surface area contributed by atoms with Gasteiger partial charge in [0, 0.05) is 12.4 Å². The van der Waals surface area contributed by atoms with E-state index in [1.807, 2.05) is 24.4 Å². The first-order valence-corrected chi connectivity index (χ1v) is 5.81. The van der Waals surface area contributed by atoms with E-state index in [1.165, 1.54) is 0 Å². The lowest BCUT2D eigenvalue weighted by Crippen LogP contribution is -2.14. The molecule has 2 rings (SSSR count). The Hall–Kier alpha value is -0.480. The second-order valence-electron chi connectivity index (χ2n) is 3.03. The summed E-state index contributed by atoms with van der Waals surface area (Å²) in [6.07, 6.45) is 6.54. The molecule has 0 bridgehead atoms. The summed E-state index contributed by atoms with van der Waals surface area (Å²) >= 11 is 6.99. The summed E-state index contributed by atoms with van der Waals surface area (Å²) in [7, 11) is 0. The molecule has 1 aromatic heterocycles. The van der Waals surface area contributed by atoms with Gasteiger partial charge in [0.15, 0.2) is 0 Å². The van der Waals surface area contributed by atoms with E-state index in [1.54, 1.807) is 6.20 Å². The molecule has 0 aliphatic carbocycles. The molecule has 2 nitrogen and oxygen atoms in total. The number of halogens is 2. The molecule has 0 N–H and O–H groups in total. The molecular formula is C10H8Br2N2. The van der Waals surface area contributed by atoms with Crippen molar-refractivity contribution in [2.75, 3.05) is 0 Å². The minimum atomic E-state index is -0.182.